The van der Waals surface area contributed by atoms with Crippen molar-refractivity contribution in [2.75, 3.05) is 26.7 Å². The minimum Gasteiger partial charge on any atom is -0.330 e. The molecule has 0 fully saturated rings. The third-order valence-electron chi connectivity index (χ3n) is 1.66. The van der Waals surface area contributed by atoms with Crippen LogP contribution in [0.25, 0.3) is 0 Å². The SMILES string of the molecule is C=C(C)CCN(C)CCCN. The van der Waals surface area contributed by atoms with Crippen molar-refractivity contribution in [3.63, 3.8) is 0 Å². The van der Waals surface area contributed by atoms with E-state index in [0.717, 1.165) is 32.5 Å². The monoisotopic (exact) mass is 156 g/mol. The van der Waals surface area contributed by atoms with Crippen molar-refractivity contribution < 1.29 is 0 Å². The Bertz CT molecular complexity index is 110. The van der Waals surface area contributed by atoms with Gasteiger partial charge in [-0.2, -0.15) is 0 Å². The van der Waals surface area contributed by atoms with Crippen molar-refractivity contribution in [1.82, 2.24) is 4.90 Å². The summed E-state index contributed by atoms with van der Waals surface area (Å²) in [6, 6.07) is 0. The van der Waals surface area contributed by atoms with E-state index in [-0.39, 0.29) is 0 Å². The van der Waals surface area contributed by atoms with Crippen molar-refractivity contribution in [3.05, 3.63) is 12.2 Å². The lowest BCUT2D eigenvalue weighted by molar-refractivity contribution is 0.335. The van der Waals surface area contributed by atoms with Gasteiger partial charge in [-0.15, -0.1) is 6.58 Å². The molecule has 0 radical (unpaired) electrons. The summed E-state index contributed by atoms with van der Waals surface area (Å²) in [5.41, 5.74) is 6.64. The fourth-order valence-corrected chi connectivity index (χ4v) is 0.855. The third-order valence-corrected chi connectivity index (χ3v) is 1.66. The van der Waals surface area contributed by atoms with E-state index in [1.165, 1.54) is 5.57 Å². The molecule has 11 heavy (non-hydrogen) atoms. The van der Waals surface area contributed by atoms with Crippen LogP contribution in [0.15, 0.2) is 12.2 Å². The van der Waals surface area contributed by atoms with Crippen LogP contribution in [-0.2, 0) is 0 Å². The number of hydrogen-bond acceptors (Lipinski definition) is 2. The van der Waals surface area contributed by atoms with E-state index < -0.39 is 0 Å². The summed E-state index contributed by atoms with van der Waals surface area (Å²) < 4.78 is 0. The average molecular weight is 156 g/mol. The topological polar surface area (TPSA) is 29.3 Å². The van der Waals surface area contributed by atoms with E-state index in [4.69, 9.17) is 5.73 Å². The molecule has 0 aliphatic heterocycles. The Balaban J connectivity index is 3.22. The summed E-state index contributed by atoms with van der Waals surface area (Å²) in [5.74, 6) is 0. The van der Waals surface area contributed by atoms with Crippen molar-refractivity contribution >= 4 is 0 Å². The van der Waals surface area contributed by atoms with Crippen LogP contribution in [0.2, 0.25) is 0 Å². The predicted molar refractivity (Wildman–Crippen MR) is 50.6 cm³/mol. The lowest BCUT2D eigenvalue weighted by atomic mass is 10.2. The highest BCUT2D eigenvalue weighted by Crippen LogP contribution is 1.97. The van der Waals surface area contributed by atoms with Crippen molar-refractivity contribution in [3.8, 4) is 0 Å². The van der Waals surface area contributed by atoms with Gasteiger partial charge in [0.2, 0.25) is 0 Å². The Labute approximate surface area is 70.1 Å². The van der Waals surface area contributed by atoms with Gasteiger partial charge in [-0.05, 0) is 39.9 Å². The van der Waals surface area contributed by atoms with Crippen LogP contribution < -0.4 is 5.73 Å². The molecule has 0 aromatic heterocycles. The van der Waals surface area contributed by atoms with Crippen LogP contribution in [0.3, 0.4) is 0 Å². The molecular weight excluding hydrogens is 136 g/mol. The molecule has 0 unspecified atom stereocenters. The molecule has 0 atom stereocenters. The zero-order valence-corrected chi connectivity index (χ0v) is 7.77. The highest BCUT2D eigenvalue weighted by molar-refractivity contribution is 4.88. The second kappa shape index (κ2) is 6.38. The summed E-state index contributed by atoms with van der Waals surface area (Å²) in [4.78, 5) is 2.29. The summed E-state index contributed by atoms with van der Waals surface area (Å²) in [7, 11) is 2.12. The van der Waals surface area contributed by atoms with Crippen LogP contribution in [0.4, 0.5) is 0 Å². The maximum absolute atomic E-state index is 5.39. The third kappa shape index (κ3) is 7.56. The molecule has 0 bridgehead atoms. The lowest BCUT2D eigenvalue weighted by Gasteiger charge is -2.15. The minimum absolute atomic E-state index is 0.789. The standard InChI is InChI=1S/C9H20N2/c1-9(2)5-8-11(3)7-4-6-10/h1,4-8,10H2,2-3H3. The second-order valence-electron chi connectivity index (χ2n) is 3.15. The molecule has 2 heteroatoms. The molecule has 0 amide bonds. The molecule has 0 rings (SSSR count). The Morgan fingerprint density at radius 2 is 2.09 bits per heavy atom. The van der Waals surface area contributed by atoms with Crippen LogP contribution in [0, 0.1) is 0 Å². The fraction of sp³-hybridized carbons (Fsp3) is 0.778. The summed E-state index contributed by atoms with van der Waals surface area (Å²) >= 11 is 0. The van der Waals surface area contributed by atoms with E-state index in [2.05, 4.69) is 25.5 Å². The predicted octanol–water partition coefficient (Wildman–Crippen LogP) is 1.23. The van der Waals surface area contributed by atoms with Gasteiger partial charge >= 0.3 is 0 Å². The number of nitrogens with two attached hydrogens (primary N) is 1. The van der Waals surface area contributed by atoms with Gasteiger partial charge in [0.1, 0.15) is 0 Å². The highest BCUT2D eigenvalue weighted by Gasteiger charge is 1.95. The highest BCUT2D eigenvalue weighted by atomic mass is 15.1. The van der Waals surface area contributed by atoms with Crippen LogP contribution in [-0.4, -0.2) is 31.6 Å². The molecule has 2 nitrogen and oxygen atoms in total. The summed E-state index contributed by atoms with van der Waals surface area (Å²) in [6.07, 6.45) is 2.19. The molecule has 0 aliphatic rings. The van der Waals surface area contributed by atoms with Gasteiger partial charge in [-0.25, -0.2) is 0 Å². The zero-order chi connectivity index (χ0) is 8.69. The summed E-state index contributed by atoms with van der Waals surface area (Å²) in [6.45, 7) is 8.92. The van der Waals surface area contributed by atoms with E-state index in [9.17, 15) is 0 Å². The molecule has 0 heterocycles. The van der Waals surface area contributed by atoms with Crippen LogP contribution in [0.1, 0.15) is 19.8 Å². The van der Waals surface area contributed by atoms with E-state index in [0.29, 0.717) is 0 Å². The quantitative estimate of drug-likeness (QED) is 0.586. The van der Waals surface area contributed by atoms with E-state index >= 15 is 0 Å². The Morgan fingerprint density at radius 1 is 1.45 bits per heavy atom. The largest absolute Gasteiger partial charge is 0.330 e. The molecule has 0 aromatic rings. The van der Waals surface area contributed by atoms with E-state index in [1.807, 2.05) is 0 Å². The smallest absolute Gasteiger partial charge is 0.00153 e. The Hall–Kier alpha value is -0.340. The first-order valence-electron chi connectivity index (χ1n) is 4.20. The molecule has 0 aromatic carbocycles. The summed E-state index contributed by atoms with van der Waals surface area (Å²) in [5, 5.41) is 0. The fourth-order valence-electron chi connectivity index (χ4n) is 0.855. The van der Waals surface area contributed by atoms with Crippen LogP contribution in [0.5, 0.6) is 0 Å². The maximum Gasteiger partial charge on any atom is 0.00153 e. The molecule has 66 valence electrons. The first-order chi connectivity index (χ1) is 5.16. The van der Waals surface area contributed by atoms with Gasteiger partial charge in [-0.1, -0.05) is 5.57 Å². The number of nitrogens with zero attached hydrogens (tertiary/aromatic N) is 1. The molecule has 0 saturated heterocycles. The minimum atomic E-state index is 0.789. The van der Waals surface area contributed by atoms with Gasteiger partial charge < -0.3 is 10.6 Å². The number of rotatable bonds is 6. The normalized spacial score (nSPS) is 10.5. The van der Waals surface area contributed by atoms with Crippen molar-refractivity contribution in [1.29, 1.82) is 0 Å². The number of hydrogen-bond donors (Lipinski definition) is 1. The molecule has 0 spiro atoms. The maximum atomic E-state index is 5.39. The second-order valence-corrected chi connectivity index (χ2v) is 3.15. The lowest BCUT2D eigenvalue weighted by Crippen LogP contribution is -2.22. The van der Waals surface area contributed by atoms with Crippen molar-refractivity contribution in [2.45, 2.75) is 19.8 Å². The van der Waals surface area contributed by atoms with Gasteiger partial charge in [0.25, 0.3) is 0 Å². The average Bonchev–Trinajstić information content (AvgIpc) is 1.97. The first-order valence-corrected chi connectivity index (χ1v) is 4.20. The van der Waals surface area contributed by atoms with E-state index in [1.54, 1.807) is 0 Å². The molecule has 2 N–H and O–H groups in total. The van der Waals surface area contributed by atoms with Gasteiger partial charge in [0.15, 0.2) is 0 Å². The molecular formula is C9H20N2. The van der Waals surface area contributed by atoms with Crippen LogP contribution >= 0.6 is 0 Å². The Kier molecular flexibility index (Phi) is 6.18. The van der Waals surface area contributed by atoms with Gasteiger partial charge in [-0.3, -0.25) is 0 Å². The van der Waals surface area contributed by atoms with Gasteiger partial charge in [0, 0.05) is 6.54 Å². The zero-order valence-electron chi connectivity index (χ0n) is 7.77. The molecule has 0 saturated carbocycles. The van der Waals surface area contributed by atoms with Gasteiger partial charge in [0.05, 0.1) is 0 Å². The Morgan fingerprint density at radius 3 is 2.55 bits per heavy atom. The molecule has 0 aliphatic carbocycles. The first kappa shape index (κ1) is 10.7. The van der Waals surface area contributed by atoms with Crippen molar-refractivity contribution in [2.24, 2.45) is 5.73 Å².